The van der Waals surface area contributed by atoms with Crippen molar-refractivity contribution >= 4 is 27.3 Å². The second-order valence-corrected chi connectivity index (χ2v) is 8.51. The topological polar surface area (TPSA) is 75.7 Å². The highest BCUT2D eigenvalue weighted by atomic mass is 32.2. The third-order valence-corrected chi connectivity index (χ3v) is 5.41. The van der Waals surface area contributed by atoms with Crippen LogP contribution < -0.4 is 14.4 Å². The molecular weight excluding hydrogens is 352 g/mol. The summed E-state index contributed by atoms with van der Waals surface area (Å²) in [5, 5.41) is 2.88. The Bertz CT molecular complexity index is 925. The quantitative estimate of drug-likeness (QED) is 0.893. The molecule has 1 heterocycles. The number of ether oxygens (including phenoxy) is 1. The Balaban J connectivity index is 1.88. The summed E-state index contributed by atoms with van der Waals surface area (Å²) in [6.45, 7) is 4.03. The smallest absolute Gasteiger partial charge is 0.267 e. The molecule has 138 valence electrons. The van der Waals surface area contributed by atoms with Crippen molar-refractivity contribution in [1.82, 2.24) is 0 Å². The Morgan fingerprint density at radius 3 is 2.50 bits per heavy atom. The fourth-order valence-corrected chi connectivity index (χ4v) is 3.89. The molecular formula is C19H22N2O4S. The van der Waals surface area contributed by atoms with Gasteiger partial charge in [0.2, 0.25) is 10.0 Å². The van der Waals surface area contributed by atoms with Crippen molar-refractivity contribution in [2.24, 2.45) is 0 Å². The van der Waals surface area contributed by atoms with E-state index in [1.165, 1.54) is 4.31 Å². The van der Waals surface area contributed by atoms with Crippen molar-refractivity contribution in [1.29, 1.82) is 0 Å². The van der Waals surface area contributed by atoms with Crippen LogP contribution in [0.2, 0.25) is 0 Å². The average Bonchev–Trinajstić information content (AvgIpc) is 2.60. The van der Waals surface area contributed by atoms with Crippen LogP contribution in [0.3, 0.4) is 0 Å². The van der Waals surface area contributed by atoms with Crippen molar-refractivity contribution in [2.45, 2.75) is 25.9 Å². The summed E-state index contributed by atoms with van der Waals surface area (Å²) < 4.78 is 31.3. The van der Waals surface area contributed by atoms with E-state index in [-0.39, 0.29) is 18.4 Å². The molecule has 0 radical (unpaired) electrons. The van der Waals surface area contributed by atoms with Gasteiger partial charge in [-0.1, -0.05) is 44.2 Å². The zero-order valence-corrected chi connectivity index (χ0v) is 15.8. The molecule has 6 nitrogen and oxygen atoms in total. The van der Waals surface area contributed by atoms with Gasteiger partial charge in [0.25, 0.3) is 5.91 Å². The summed E-state index contributed by atoms with van der Waals surface area (Å²) in [4.78, 5) is 12.8. The fourth-order valence-electron chi connectivity index (χ4n) is 2.98. The largest absolute Gasteiger partial charge is 0.476 e. The van der Waals surface area contributed by atoms with Gasteiger partial charge in [-0.05, 0) is 29.7 Å². The lowest BCUT2D eigenvalue weighted by Gasteiger charge is -2.34. The first kappa shape index (κ1) is 18.3. The predicted octanol–water partition coefficient (Wildman–Crippen LogP) is 2.98. The second kappa shape index (κ2) is 6.99. The number of carbonyl (C=O) groups excluding carboxylic acids is 1. The minimum Gasteiger partial charge on any atom is -0.476 e. The van der Waals surface area contributed by atoms with Crippen molar-refractivity contribution < 1.29 is 17.9 Å². The molecule has 1 aliphatic heterocycles. The van der Waals surface area contributed by atoms with E-state index in [4.69, 9.17) is 4.74 Å². The predicted molar refractivity (Wildman–Crippen MR) is 102 cm³/mol. The molecule has 2 aromatic rings. The number of rotatable bonds is 4. The van der Waals surface area contributed by atoms with Crippen LogP contribution >= 0.6 is 0 Å². The Morgan fingerprint density at radius 2 is 1.81 bits per heavy atom. The minimum absolute atomic E-state index is 0.0640. The molecule has 1 N–H and O–H groups in total. The van der Waals surface area contributed by atoms with E-state index in [1.54, 1.807) is 24.3 Å². The van der Waals surface area contributed by atoms with Crippen molar-refractivity contribution in [3.63, 3.8) is 0 Å². The molecule has 1 aliphatic rings. The molecule has 1 atom stereocenters. The zero-order valence-electron chi connectivity index (χ0n) is 15.0. The number of amides is 1. The van der Waals surface area contributed by atoms with Crippen LogP contribution in [0.25, 0.3) is 0 Å². The molecule has 0 unspecified atom stereocenters. The van der Waals surface area contributed by atoms with Gasteiger partial charge in [0.1, 0.15) is 5.75 Å². The Hall–Kier alpha value is -2.54. The molecule has 0 aromatic heterocycles. The molecule has 0 saturated heterocycles. The van der Waals surface area contributed by atoms with Gasteiger partial charge in [-0.3, -0.25) is 9.10 Å². The standard InChI is InChI=1S/C19H22N2O4S/c1-13(2)14-8-4-5-9-15(14)20-19(22)18-12-21(26(3,23)24)16-10-6-7-11-17(16)25-18/h4-11,13,18H,12H2,1-3H3,(H,20,22)/t18-/m1/s1. The van der Waals surface area contributed by atoms with Gasteiger partial charge in [-0.2, -0.15) is 0 Å². The number of para-hydroxylation sites is 3. The number of nitrogens with one attached hydrogen (secondary N) is 1. The molecule has 26 heavy (non-hydrogen) atoms. The summed E-state index contributed by atoms with van der Waals surface area (Å²) in [6, 6.07) is 14.4. The van der Waals surface area contributed by atoms with Crippen LogP contribution in [0.1, 0.15) is 25.3 Å². The Morgan fingerprint density at radius 1 is 1.15 bits per heavy atom. The zero-order chi connectivity index (χ0) is 18.9. The molecule has 0 saturated carbocycles. The first-order valence-corrected chi connectivity index (χ1v) is 10.3. The monoisotopic (exact) mass is 374 g/mol. The molecule has 0 aliphatic carbocycles. The number of anilines is 2. The minimum atomic E-state index is -3.53. The van der Waals surface area contributed by atoms with Gasteiger partial charge < -0.3 is 10.1 Å². The summed E-state index contributed by atoms with van der Waals surface area (Å²) >= 11 is 0. The summed E-state index contributed by atoms with van der Waals surface area (Å²) in [7, 11) is -3.53. The molecule has 7 heteroatoms. The highest BCUT2D eigenvalue weighted by Gasteiger charge is 2.35. The molecule has 0 fully saturated rings. The first-order valence-electron chi connectivity index (χ1n) is 8.40. The first-order chi connectivity index (χ1) is 12.3. The van der Waals surface area contributed by atoms with E-state index < -0.39 is 16.1 Å². The molecule has 0 spiro atoms. The lowest BCUT2D eigenvalue weighted by Crippen LogP contribution is -2.48. The van der Waals surface area contributed by atoms with E-state index in [0.29, 0.717) is 17.1 Å². The highest BCUT2D eigenvalue weighted by molar-refractivity contribution is 7.92. The third-order valence-electron chi connectivity index (χ3n) is 4.27. The van der Waals surface area contributed by atoms with Gasteiger partial charge in [0.15, 0.2) is 6.10 Å². The molecule has 0 bridgehead atoms. The van der Waals surface area contributed by atoms with Gasteiger partial charge in [-0.15, -0.1) is 0 Å². The molecule has 1 amide bonds. The van der Waals surface area contributed by atoms with Gasteiger partial charge in [-0.25, -0.2) is 8.42 Å². The summed E-state index contributed by atoms with van der Waals surface area (Å²) in [5.74, 6) is 0.245. The maximum Gasteiger partial charge on any atom is 0.267 e. The van der Waals surface area contributed by atoms with Crippen LogP contribution in [-0.4, -0.2) is 33.2 Å². The van der Waals surface area contributed by atoms with E-state index in [9.17, 15) is 13.2 Å². The van der Waals surface area contributed by atoms with Gasteiger partial charge >= 0.3 is 0 Å². The maximum absolute atomic E-state index is 12.8. The SMILES string of the molecule is CC(C)c1ccccc1NC(=O)[C@H]1CN(S(C)(=O)=O)c2ccccc2O1. The van der Waals surface area contributed by atoms with E-state index in [2.05, 4.69) is 5.32 Å². The van der Waals surface area contributed by atoms with Crippen molar-refractivity contribution in [3.8, 4) is 5.75 Å². The average molecular weight is 374 g/mol. The van der Waals surface area contributed by atoms with Crippen LogP contribution in [-0.2, 0) is 14.8 Å². The number of sulfonamides is 1. The number of hydrogen-bond donors (Lipinski definition) is 1. The number of carbonyl (C=O) groups is 1. The lowest BCUT2D eigenvalue weighted by molar-refractivity contribution is -0.122. The number of benzene rings is 2. The second-order valence-electron chi connectivity index (χ2n) is 6.60. The normalized spacial score (nSPS) is 16.8. The van der Waals surface area contributed by atoms with E-state index in [1.807, 2.05) is 38.1 Å². The summed E-state index contributed by atoms with van der Waals surface area (Å²) in [5.41, 5.74) is 2.17. The van der Waals surface area contributed by atoms with Crippen LogP contribution in [0.5, 0.6) is 5.75 Å². The summed E-state index contributed by atoms with van der Waals surface area (Å²) in [6.07, 6.45) is 0.192. The van der Waals surface area contributed by atoms with E-state index in [0.717, 1.165) is 11.8 Å². The van der Waals surface area contributed by atoms with Gasteiger partial charge in [0.05, 0.1) is 18.5 Å². The third kappa shape index (κ3) is 3.67. The Kier molecular flexibility index (Phi) is 4.91. The maximum atomic E-state index is 12.8. The van der Waals surface area contributed by atoms with Crippen LogP contribution in [0.4, 0.5) is 11.4 Å². The van der Waals surface area contributed by atoms with Crippen molar-refractivity contribution in [3.05, 3.63) is 54.1 Å². The van der Waals surface area contributed by atoms with Crippen LogP contribution in [0, 0.1) is 0 Å². The molecule has 3 rings (SSSR count). The lowest BCUT2D eigenvalue weighted by atomic mass is 10.0. The van der Waals surface area contributed by atoms with Crippen LogP contribution in [0.15, 0.2) is 48.5 Å². The number of fused-ring (bicyclic) bond motifs is 1. The number of nitrogens with zero attached hydrogens (tertiary/aromatic N) is 1. The van der Waals surface area contributed by atoms with Gasteiger partial charge in [0, 0.05) is 5.69 Å². The van der Waals surface area contributed by atoms with E-state index >= 15 is 0 Å². The van der Waals surface area contributed by atoms with Crippen molar-refractivity contribution in [2.75, 3.05) is 22.4 Å². The number of hydrogen-bond acceptors (Lipinski definition) is 4. The Labute approximate surface area is 153 Å². The molecule has 2 aromatic carbocycles. The fraction of sp³-hybridized carbons (Fsp3) is 0.316. The highest BCUT2D eigenvalue weighted by Crippen LogP contribution is 2.35.